The lowest BCUT2D eigenvalue weighted by atomic mass is 9.86. The monoisotopic (exact) mass is 354 g/mol. The van der Waals surface area contributed by atoms with Crippen LogP contribution in [0.15, 0.2) is 0 Å². The Morgan fingerprint density at radius 1 is 1.20 bits per heavy atom. The predicted octanol–water partition coefficient (Wildman–Crippen LogP) is 1.47. The molecule has 0 radical (unpaired) electrons. The Morgan fingerprint density at radius 3 is 2.28 bits per heavy atom. The highest BCUT2D eigenvalue weighted by molar-refractivity contribution is 6.07. The Labute approximate surface area is 151 Å². The molecule has 144 valence electrons. The van der Waals surface area contributed by atoms with Crippen LogP contribution in [0, 0.1) is 5.92 Å². The molecule has 25 heavy (non-hydrogen) atoms. The molecule has 2 atom stereocenters. The van der Waals surface area contributed by atoms with Crippen molar-refractivity contribution in [2.45, 2.75) is 58.2 Å². The van der Waals surface area contributed by atoms with Gasteiger partial charge in [0.05, 0.1) is 0 Å². The van der Waals surface area contributed by atoms with Crippen molar-refractivity contribution in [3.05, 3.63) is 0 Å². The molecule has 0 aliphatic carbocycles. The lowest BCUT2D eigenvalue weighted by Crippen LogP contribution is -2.55. The van der Waals surface area contributed by atoms with Crippen LogP contribution in [0.25, 0.3) is 0 Å². The fourth-order valence-corrected chi connectivity index (χ4v) is 3.97. The molecule has 0 aromatic rings. The number of nitrogens with two attached hydrogens (primary N) is 1. The number of likely N-dealkylation sites (tertiary alicyclic amines) is 1. The van der Waals surface area contributed by atoms with Crippen LogP contribution in [-0.2, 0) is 9.53 Å². The first-order valence-corrected chi connectivity index (χ1v) is 9.55. The predicted molar refractivity (Wildman–Crippen MR) is 97.0 cm³/mol. The number of imide groups is 1. The molecule has 7 heteroatoms. The Morgan fingerprint density at radius 2 is 1.84 bits per heavy atom. The van der Waals surface area contributed by atoms with Crippen LogP contribution >= 0.6 is 0 Å². The average Bonchev–Trinajstić information content (AvgIpc) is 2.77. The summed E-state index contributed by atoms with van der Waals surface area (Å²) in [5.74, 6) is 0.777. The molecule has 3 fully saturated rings. The van der Waals surface area contributed by atoms with Gasteiger partial charge in [0, 0.05) is 32.8 Å². The Balaban J connectivity index is 0.000000236. The molecular weight excluding hydrogens is 320 g/mol. The van der Waals surface area contributed by atoms with Crippen molar-refractivity contribution in [2.75, 3.05) is 39.8 Å². The van der Waals surface area contributed by atoms with Gasteiger partial charge in [-0.15, -0.1) is 0 Å². The topological polar surface area (TPSA) is 79.1 Å². The van der Waals surface area contributed by atoms with Crippen LogP contribution in [0.5, 0.6) is 0 Å². The van der Waals surface area contributed by atoms with Crippen molar-refractivity contribution in [3.8, 4) is 0 Å². The van der Waals surface area contributed by atoms with Gasteiger partial charge in [-0.25, -0.2) is 4.79 Å². The summed E-state index contributed by atoms with van der Waals surface area (Å²) < 4.78 is 5.13. The molecule has 3 aliphatic rings. The molecule has 0 aromatic heterocycles. The van der Waals surface area contributed by atoms with E-state index in [0.29, 0.717) is 13.1 Å². The third-order valence-corrected chi connectivity index (χ3v) is 5.65. The van der Waals surface area contributed by atoms with Gasteiger partial charge >= 0.3 is 6.03 Å². The van der Waals surface area contributed by atoms with E-state index < -0.39 is 5.54 Å². The Hall–Kier alpha value is -1.18. The van der Waals surface area contributed by atoms with Crippen molar-refractivity contribution in [2.24, 2.45) is 11.7 Å². The maximum atomic E-state index is 12.4. The number of rotatable bonds is 2. The van der Waals surface area contributed by atoms with Gasteiger partial charge in [0.25, 0.3) is 5.91 Å². The van der Waals surface area contributed by atoms with Gasteiger partial charge in [-0.3, -0.25) is 9.69 Å². The van der Waals surface area contributed by atoms with E-state index in [1.165, 1.54) is 11.3 Å². The lowest BCUT2D eigenvalue weighted by molar-refractivity contribution is -0.135. The number of carbonyl (C=O) groups excluding carboxylic acids is 2. The fourth-order valence-electron chi connectivity index (χ4n) is 3.97. The van der Waals surface area contributed by atoms with Crippen LogP contribution in [0.4, 0.5) is 4.79 Å². The minimum Gasteiger partial charge on any atom is -0.364 e. The summed E-state index contributed by atoms with van der Waals surface area (Å²) in [5.41, 5.74) is 4.96. The fraction of sp³-hybridized carbons (Fsp3) is 0.889. The summed E-state index contributed by atoms with van der Waals surface area (Å²) in [4.78, 5) is 30.0. The van der Waals surface area contributed by atoms with Crippen molar-refractivity contribution in [1.29, 1.82) is 0 Å². The molecule has 7 nitrogen and oxygen atoms in total. The highest BCUT2D eigenvalue weighted by Crippen LogP contribution is 2.36. The zero-order valence-corrected chi connectivity index (χ0v) is 16.2. The number of piperidine rings is 1. The van der Waals surface area contributed by atoms with Crippen LogP contribution in [0.1, 0.15) is 46.5 Å². The van der Waals surface area contributed by atoms with Crippen molar-refractivity contribution in [3.63, 3.8) is 0 Å². The molecule has 3 rings (SSSR count). The summed E-state index contributed by atoms with van der Waals surface area (Å²) in [7, 11) is 2.06. The zero-order chi connectivity index (χ0) is 18.6. The third kappa shape index (κ3) is 4.15. The molecule has 3 saturated heterocycles. The summed E-state index contributed by atoms with van der Waals surface area (Å²) in [6.07, 6.45) is 3.74. The second-order valence-electron chi connectivity index (χ2n) is 7.45. The van der Waals surface area contributed by atoms with E-state index in [4.69, 9.17) is 10.5 Å². The highest BCUT2D eigenvalue weighted by atomic mass is 16.5. The van der Waals surface area contributed by atoms with E-state index in [2.05, 4.69) is 18.9 Å². The smallest absolute Gasteiger partial charge is 0.327 e. The van der Waals surface area contributed by atoms with Gasteiger partial charge in [0.2, 0.25) is 0 Å². The number of ether oxygens (including phenoxy) is 1. The van der Waals surface area contributed by atoms with E-state index in [9.17, 15) is 9.59 Å². The van der Waals surface area contributed by atoms with Crippen molar-refractivity contribution < 1.29 is 14.3 Å². The minimum absolute atomic E-state index is 0.0127. The number of amides is 3. The van der Waals surface area contributed by atoms with Gasteiger partial charge < -0.3 is 20.3 Å². The molecule has 0 bridgehead atoms. The SMILES string of the molecule is CC1CCOC(N)C1.CCN1C(=O)N(CC)C2(CCN(C)CC2)C1=O. The number of likely N-dealkylation sites (N-methyl/N-ethyl adjacent to an activating group) is 2. The van der Waals surface area contributed by atoms with E-state index in [1.54, 1.807) is 4.90 Å². The first kappa shape index (κ1) is 20.1. The molecule has 0 aromatic carbocycles. The summed E-state index contributed by atoms with van der Waals surface area (Å²) in [6, 6.07) is -0.107. The highest BCUT2D eigenvalue weighted by Gasteiger charge is 2.56. The molecule has 3 heterocycles. The van der Waals surface area contributed by atoms with Gasteiger partial charge in [-0.05, 0) is 52.5 Å². The Bertz CT molecular complexity index is 469. The molecule has 0 saturated carbocycles. The average molecular weight is 354 g/mol. The molecule has 2 unspecified atom stereocenters. The van der Waals surface area contributed by atoms with Gasteiger partial charge in [-0.1, -0.05) is 6.92 Å². The maximum absolute atomic E-state index is 12.4. The van der Waals surface area contributed by atoms with Crippen molar-refractivity contribution >= 4 is 11.9 Å². The summed E-state index contributed by atoms with van der Waals surface area (Å²) >= 11 is 0. The number of hydrogen-bond acceptors (Lipinski definition) is 5. The normalized spacial score (nSPS) is 29.8. The zero-order valence-electron chi connectivity index (χ0n) is 16.2. The van der Waals surface area contributed by atoms with Crippen LogP contribution in [-0.4, -0.2) is 78.2 Å². The van der Waals surface area contributed by atoms with Gasteiger partial charge in [0.15, 0.2) is 0 Å². The van der Waals surface area contributed by atoms with Crippen molar-refractivity contribution in [1.82, 2.24) is 14.7 Å². The second-order valence-corrected chi connectivity index (χ2v) is 7.45. The molecule has 3 aliphatic heterocycles. The van der Waals surface area contributed by atoms with E-state index in [1.807, 2.05) is 13.8 Å². The molecule has 1 spiro atoms. The van der Waals surface area contributed by atoms with Gasteiger partial charge in [0.1, 0.15) is 11.8 Å². The number of carbonyl (C=O) groups is 2. The third-order valence-electron chi connectivity index (χ3n) is 5.65. The quantitative estimate of drug-likeness (QED) is 0.760. The minimum atomic E-state index is -0.547. The molecule has 3 amide bonds. The van der Waals surface area contributed by atoms with E-state index in [0.717, 1.165) is 44.9 Å². The van der Waals surface area contributed by atoms with Gasteiger partial charge in [-0.2, -0.15) is 0 Å². The van der Waals surface area contributed by atoms with E-state index >= 15 is 0 Å². The van der Waals surface area contributed by atoms with Crippen LogP contribution in [0.3, 0.4) is 0 Å². The number of urea groups is 1. The first-order chi connectivity index (χ1) is 11.9. The standard InChI is InChI=1S/C12H21N3O2.C6H13NO/c1-4-14-10(16)12(15(5-2)11(14)17)6-8-13(3)9-7-12;1-5-2-3-8-6(7)4-5/h4-9H2,1-3H3;5-6H,2-4,7H2,1H3. The number of hydrogen-bond donors (Lipinski definition) is 1. The summed E-state index contributed by atoms with van der Waals surface area (Å²) in [6.45, 7) is 9.73. The van der Waals surface area contributed by atoms with Crippen LogP contribution < -0.4 is 5.73 Å². The Kier molecular flexibility index (Phi) is 6.82. The summed E-state index contributed by atoms with van der Waals surface area (Å²) in [5, 5.41) is 0. The largest absolute Gasteiger partial charge is 0.364 e. The number of nitrogens with zero attached hydrogens (tertiary/aromatic N) is 3. The van der Waals surface area contributed by atoms with Crippen LogP contribution in [0.2, 0.25) is 0 Å². The van der Waals surface area contributed by atoms with E-state index in [-0.39, 0.29) is 18.2 Å². The lowest BCUT2D eigenvalue weighted by Gasteiger charge is -2.40. The molecular formula is C18H34N4O3. The maximum Gasteiger partial charge on any atom is 0.327 e. The molecule has 2 N–H and O–H groups in total. The second kappa shape index (κ2) is 8.47. The first-order valence-electron chi connectivity index (χ1n) is 9.55.